The first-order chi connectivity index (χ1) is 10.3. The normalized spacial score (nSPS) is 9.45. The van der Waals surface area contributed by atoms with Gasteiger partial charge in [-0.15, -0.1) is 0 Å². The number of carbonyl (C=O) groups is 1. The number of phenolic OH excluding ortho intramolecular Hbond substituents is 4. The Morgan fingerprint density at radius 1 is 0.909 bits per heavy atom. The molecule has 0 aliphatic heterocycles. The summed E-state index contributed by atoms with van der Waals surface area (Å²) in [6.07, 6.45) is 0. The fourth-order valence-corrected chi connectivity index (χ4v) is 1.28. The van der Waals surface area contributed by atoms with Gasteiger partial charge in [-0.1, -0.05) is 0 Å². The van der Waals surface area contributed by atoms with Crippen molar-refractivity contribution in [2.45, 2.75) is 0 Å². The highest BCUT2D eigenvalue weighted by Gasteiger charge is 2.03. The molecule has 0 aliphatic carbocycles. The van der Waals surface area contributed by atoms with E-state index in [1.807, 2.05) is 0 Å². The van der Waals surface area contributed by atoms with Crippen molar-refractivity contribution in [3.63, 3.8) is 0 Å². The van der Waals surface area contributed by atoms with Crippen molar-refractivity contribution in [2.75, 3.05) is 12.3 Å². The van der Waals surface area contributed by atoms with Gasteiger partial charge in [-0.05, 0) is 24.3 Å². The van der Waals surface area contributed by atoms with Crippen molar-refractivity contribution in [1.82, 2.24) is 0 Å². The van der Waals surface area contributed by atoms with E-state index in [9.17, 15) is 4.79 Å². The molecule has 0 amide bonds. The summed E-state index contributed by atoms with van der Waals surface area (Å²) < 4.78 is 4.73. The van der Waals surface area contributed by atoms with Crippen LogP contribution in [-0.4, -0.2) is 38.1 Å². The lowest BCUT2D eigenvalue weighted by Gasteiger charge is -2.03. The molecule has 2 aromatic carbocycles. The molecule has 0 heterocycles. The first-order valence-corrected chi connectivity index (χ1v) is 5.93. The van der Waals surface area contributed by atoms with Crippen LogP contribution < -0.4 is 10.5 Å². The van der Waals surface area contributed by atoms with E-state index in [-0.39, 0.29) is 28.7 Å². The van der Waals surface area contributed by atoms with Gasteiger partial charge >= 0.3 is 5.97 Å². The number of benzene rings is 2. The number of nitrogen functional groups attached to an aromatic ring is 1. The number of hydrogen-bond donors (Lipinski definition) is 6. The van der Waals surface area contributed by atoms with Gasteiger partial charge in [0.25, 0.3) is 0 Å². The molecule has 0 saturated heterocycles. The third-order valence-electron chi connectivity index (χ3n) is 2.31. The minimum atomic E-state index is -1.10. The molecule has 118 valence electrons. The molecule has 0 unspecified atom stereocenters. The van der Waals surface area contributed by atoms with Gasteiger partial charge < -0.3 is 36.0 Å². The molecule has 0 saturated carbocycles. The third kappa shape index (κ3) is 5.37. The second-order valence-electron chi connectivity index (χ2n) is 4.08. The summed E-state index contributed by atoms with van der Waals surface area (Å²) in [5.41, 5.74) is 5.69. The molecule has 0 fully saturated rings. The molecule has 2 rings (SSSR count). The van der Waals surface area contributed by atoms with Crippen molar-refractivity contribution >= 4 is 11.7 Å². The van der Waals surface area contributed by atoms with Gasteiger partial charge in [-0.25, -0.2) is 4.79 Å². The predicted molar refractivity (Wildman–Crippen MR) is 77.1 cm³/mol. The van der Waals surface area contributed by atoms with Crippen LogP contribution in [0.1, 0.15) is 0 Å². The van der Waals surface area contributed by atoms with Crippen LogP contribution in [0.2, 0.25) is 0 Å². The number of ether oxygens (including phenoxy) is 1. The minimum Gasteiger partial charge on any atom is -0.504 e. The Balaban J connectivity index is 0.000000235. The van der Waals surface area contributed by atoms with Crippen LogP contribution in [0.5, 0.6) is 28.7 Å². The molecule has 2 aromatic rings. The van der Waals surface area contributed by atoms with Crippen LogP contribution in [0.4, 0.5) is 5.69 Å². The fourth-order valence-electron chi connectivity index (χ4n) is 1.28. The zero-order valence-corrected chi connectivity index (χ0v) is 11.3. The molecule has 22 heavy (non-hydrogen) atoms. The highest BCUT2D eigenvalue weighted by atomic mass is 16.5. The van der Waals surface area contributed by atoms with Gasteiger partial charge in [-0.3, -0.25) is 0 Å². The van der Waals surface area contributed by atoms with Crippen LogP contribution in [0.15, 0.2) is 36.4 Å². The molecule has 0 aromatic heterocycles. The van der Waals surface area contributed by atoms with E-state index in [0.717, 1.165) is 6.07 Å². The summed E-state index contributed by atoms with van der Waals surface area (Å²) in [5, 5.41) is 43.7. The van der Waals surface area contributed by atoms with E-state index in [1.54, 1.807) is 0 Å². The summed E-state index contributed by atoms with van der Waals surface area (Å²) in [5.74, 6) is -1.87. The zero-order valence-electron chi connectivity index (χ0n) is 11.3. The van der Waals surface area contributed by atoms with Crippen LogP contribution in [0.3, 0.4) is 0 Å². The second kappa shape index (κ2) is 7.48. The zero-order chi connectivity index (χ0) is 16.7. The first-order valence-electron chi connectivity index (χ1n) is 5.93. The van der Waals surface area contributed by atoms with Crippen LogP contribution >= 0.6 is 0 Å². The van der Waals surface area contributed by atoms with Crippen molar-refractivity contribution in [3.8, 4) is 28.7 Å². The topological polar surface area (TPSA) is 153 Å². The molecule has 7 N–H and O–H groups in total. The Labute approximate surface area is 125 Å². The highest BCUT2D eigenvalue weighted by Crippen LogP contribution is 2.28. The molecule has 0 spiro atoms. The lowest BCUT2D eigenvalue weighted by atomic mass is 10.3. The van der Waals surface area contributed by atoms with Crippen LogP contribution in [0, 0.1) is 0 Å². The Bertz CT molecular complexity index is 658. The summed E-state index contributed by atoms with van der Waals surface area (Å²) >= 11 is 0. The molecule has 8 nitrogen and oxygen atoms in total. The van der Waals surface area contributed by atoms with E-state index in [2.05, 4.69) is 0 Å². The summed E-state index contributed by atoms with van der Waals surface area (Å²) in [4.78, 5) is 10.1. The number of hydrogen-bond acceptors (Lipinski definition) is 7. The SMILES string of the molecule is Nc1ccc(O)c(O)c1.O=C(O)COc1ccc(O)c(O)c1. The maximum absolute atomic E-state index is 10.1. The van der Waals surface area contributed by atoms with Crippen LogP contribution in [0.25, 0.3) is 0 Å². The number of phenols is 4. The number of rotatable bonds is 3. The Morgan fingerprint density at radius 2 is 1.45 bits per heavy atom. The number of aliphatic carboxylic acids is 1. The summed E-state index contributed by atoms with van der Waals surface area (Å²) in [6, 6.07) is 7.85. The molecule has 0 bridgehead atoms. The smallest absolute Gasteiger partial charge is 0.341 e. The maximum atomic E-state index is 10.1. The molecule has 0 aliphatic rings. The standard InChI is InChI=1S/C8H8O5.C6H7NO2/c9-6-2-1-5(3-7(6)10)13-4-8(11)12;7-4-1-2-5(8)6(9)3-4/h1-3,9-10H,4H2,(H,11,12);1-3,8-9H,7H2. The average molecular weight is 309 g/mol. The highest BCUT2D eigenvalue weighted by molar-refractivity contribution is 5.68. The van der Waals surface area contributed by atoms with E-state index < -0.39 is 12.6 Å². The van der Waals surface area contributed by atoms with Gasteiger partial charge in [0.05, 0.1) is 0 Å². The van der Waals surface area contributed by atoms with Crippen LogP contribution in [-0.2, 0) is 4.79 Å². The van der Waals surface area contributed by atoms with E-state index in [1.165, 1.54) is 30.3 Å². The Hall–Kier alpha value is -3.29. The lowest BCUT2D eigenvalue weighted by molar-refractivity contribution is -0.139. The number of carboxylic acid groups (broad SMARTS) is 1. The number of aromatic hydroxyl groups is 4. The minimum absolute atomic E-state index is 0.149. The average Bonchev–Trinajstić information content (AvgIpc) is 2.45. The Kier molecular flexibility index (Phi) is 5.70. The molecule has 0 atom stereocenters. The van der Waals surface area contributed by atoms with Gasteiger partial charge in [0.2, 0.25) is 0 Å². The van der Waals surface area contributed by atoms with Crippen molar-refractivity contribution in [3.05, 3.63) is 36.4 Å². The maximum Gasteiger partial charge on any atom is 0.341 e. The van der Waals surface area contributed by atoms with Gasteiger partial charge in [-0.2, -0.15) is 0 Å². The van der Waals surface area contributed by atoms with Crippen molar-refractivity contribution in [1.29, 1.82) is 0 Å². The Morgan fingerprint density at radius 3 is 1.91 bits per heavy atom. The van der Waals surface area contributed by atoms with Gasteiger partial charge in [0, 0.05) is 17.8 Å². The predicted octanol–water partition coefficient (Wildman–Crippen LogP) is 1.24. The molecular weight excluding hydrogens is 294 g/mol. The van der Waals surface area contributed by atoms with E-state index in [0.29, 0.717) is 5.69 Å². The molecule has 0 radical (unpaired) electrons. The number of anilines is 1. The van der Waals surface area contributed by atoms with Gasteiger partial charge in [0.1, 0.15) is 5.75 Å². The lowest BCUT2D eigenvalue weighted by Crippen LogP contribution is -2.09. The first kappa shape index (κ1) is 16.8. The third-order valence-corrected chi connectivity index (χ3v) is 2.31. The monoisotopic (exact) mass is 309 g/mol. The molecule has 8 heteroatoms. The number of nitrogens with two attached hydrogens (primary N) is 1. The van der Waals surface area contributed by atoms with Gasteiger partial charge in [0.15, 0.2) is 29.6 Å². The largest absolute Gasteiger partial charge is 0.504 e. The van der Waals surface area contributed by atoms with Crippen molar-refractivity contribution < 1.29 is 35.1 Å². The van der Waals surface area contributed by atoms with E-state index >= 15 is 0 Å². The number of carboxylic acids is 1. The molecular formula is C14H15NO7. The van der Waals surface area contributed by atoms with E-state index in [4.69, 9.17) is 36.0 Å². The fraction of sp³-hybridized carbons (Fsp3) is 0.0714. The second-order valence-corrected chi connectivity index (χ2v) is 4.08. The summed E-state index contributed by atoms with van der Waals surface area (Å²) in [7, 11) is 0. The van der Waals surface area contributed by atoms with Crippen molar-refractivity contribution in [2.24, 2.45) is 0 Å². The summed E-state index contributed by atoms with van der Waals surface area (Å²) in [6.45, 7) is -0.482. The quantitative estimate of drug-likeness (QED) is 0.281.